The van der Waals surface area contributed by atoms with Crippen molar-refractivity contribution in [3.05, 3.63) is 28.4 Å². The highest BCUT2D eigenvalue weighted by Crippen LogP contribution is 2.41. The average Bonchev–Trinajstić information content (AvgIpc) is 2.63. The van der Waals surface area contributed by atoms with E-state index < -0.39 is 30.0 Å². The lowest BCUT2D eigenvalue weighted by Crippen LogP contribution is -2.43. The summed E-state index contributed by atoms with van der Waals surface area (Å²) < 4.78 is 34.2. The van der Waals surface area contributed by atoms with E-state index in [1.165, 1.54) is 12.3 Å². The second-order valence-corrected chi connectivity index (χ2v) is 5.11. The van der Waals surface area contributed by atoms with Gasteiger partial charge in [-0.15, -0.1) is 0 Å². The molecule has 0 aromatic carbocycles. The second kappa shape index (κ2) is 6.17. The molecule has 0 unspecified atom stereocenters. The number of aromatic nitrogens is 2. The molecule has 2 N–H and O–H groups in total. The van der Waals surface area contributed by atoms with Crippen LogP contribution in [0.4, 0.5) is 8.78 Å². The molecular formula is C13H19F2N3O3. The van der Waals surface area contributed by atoms with Gasteiger partial charge in [0.1, 0.15) is 12.2 Å². The summed E-state index contributed by atoms with van der Waals surface area (Å²) in [6.07, 6.45) is -2.85. The second-order valence-electron chi connectivity index (χ2n) is 5.11. The number of alkyl halides is 2. The molecule has 1 aliphatic heterocycles. The smallest absolute Gasteiger partial charge is 0.350 e. The SMILES string of the molecule is CCCNC[C@H]1O[C@@H](n2ccc(C)nc2=O)C(F)(F)[C@@H]1O. The summed E-state index contributed by atoms with van der Waals surface area (Å²) in [5, 5.41) is 12.7. The standard InChI is InChI=1S/C13H19F2N3O3/c1-3-5-16-7-9-10(19)13(14,15)11(21-9)18-6-4-8(2)17-12(18)20/h4,6,9-11,16,19H,3,5,7H2,1-2H3/t9-,10-,11-/m1/s1. The van der Waals surface area contributed by atoms with Crippen molar-refractivity contribution in [1.29, 1.82) is 0 Å². The predicted octanol–water partition coefficient (Wildman–Crippen LogP) is 0.445. The van der Waals surface area contributed by atoms with E-state index in [1.807, 2.05) is 6.92 Å². The van der Waals surface area contributed by atoms with Crippen molar-refractivity contribution in [1.82, 2.24) is 14.9 Å². The van der Waals surface area contributed by atoms with E-state index in [9.17, 15) is 18.7 Å². The molecule has 0 spiro atoms. The first-order valence-electron chi connectivity index (χ1n) is 6.85. The van der Waals surface area contributed by atoms with Crippen LogP contribution < -0.4 is 11.0 Å². The normalized spacial score (nSPS) is 28.0. The van der Waals surface area contributed by atoms with Gasteiger partial charge in [0.15, 0.2) is 0 Å². The van der Waals surface area contributed by atoms with Crippen molar-refractivity contribution < 1.29 is 18.6 Å². The van der Waals surface area contributed by atoms with Gasteiger partial charge in [-0.3, -0.25) is 4.57 Å². The Balaban J connectivity index is 2.21. The fourth-order valence-electron chi connectivity index (χ4n) is 2.23. The summed E-state index contributed by atoms with van der Waals surface area (Å²) >= 11 is 0. The monoisotopic (exact) mass is 303 g/mol. The molecule has 1 aromatic rings. The molecule has 2 rings (SSSR count). The lowest BCUT2D eigenvalue weighted by molar-refractivity contribution is -0.140. The van der Waals surface area contributed by atoms with Crippen molar-refractivity contribution >= 4 is 0 Å². The maximum Gasteiger partial charge on any atom is 0.350 e. The molecule has 0 radical (unpaired) electrons. The number of halogens is 2. The molecule has 21 heavy (non-hydrogen) atoms. The Morgan fingerprint density at radius 3 is 2.90 bits per heavy atom. The lowest BCUT2D eigenvalue weighted by Gasteiger charge is -2.20. The Morgan fingerprint density at radius 2 is 2.29 bits per heavy atom. The van der Waals surface area contributed by atoms with Crippen LogP contribution >= 0.6 is 0 Å². The van der Waals surface area contributed by atoms with Crippen LogP contribution in [0.15, 0.2) is 17.1 Å². The van der Waals surface area contributed by atoms with Crippen LogP contribution in [0.1, 0.15) is 25.3 Å². The minimum absolute atomic E-state index is 0.0924. The van der Waals surface area contributed by atoms with Crippen LogP contribution in [0.2, 0.25) is 0 Å². The van der Waals surface area contributed by atoms with Crippen molar-refractivity contribution in [2.24, 2.45) is 0 Å². The minimum atomic E-state index is -3.56. The van der Waals surface area contributed by atoms with E-state index in [0.29, 0.717) is 12.2 Å². The first-order valence-corrected chi connectivity index (χ1v) is 6.85. The van der Waals surface area contributed by atoms with Crippen LogP contribution in [0, 0.1) is 6.92 Å². The van der Waals surface area contributed by atoms with Crippen LogP contribution in [0.5, 0.6) is 0 Å². The summed E-state index contributed by atoms with van der Waals surface area (Å²) in [5.74, 6) is -3.56. The summed E-state index contributed by atoms with van der Waals surface area (Å²) in [4.78, 5) is 15.3. The van der Waals surface area contributed by atoms with E-state index in [2.05, 4.69) is 10.3 Å². The summed E-state index contributed by atoms with van der Waals surface area (Å²) in [6.45, 7) is 4.25. The number of rotatable bonds is 5. The van der Waals surface area contributed by atoms with Crippen molar-refractivity contribution in [3.8, 4) is 0 Å². The highest BCUT2D eigenvalue weighted by Gasteiger charge is 2.59. The quantitative estimate of drug-likeness (QED) is 0.772. The maximum absolute atomic E-state index is 14.1. The first kappa shape index (κ1) is 16.0. The van der Waals surface area contributed by atoms with Gasteiger partial charge in [0.05, 0.1) is 0 Å². The predicted molar refractivity (Wildman–Crippen MR) is 71.3 cm³/mol. The van der Waals surface area contributed by atoms with E-state index >= 15 is 0 Å². The first-order chi connectivity index (χ1) is 9.87. The molecule has 0 aliphatic carbocycles. The molecule has 0 bridgehead atoms. The van der Waals surface area contributed by atoms with Gasteiger partial charge in [-0.05, 0) is 26.0 Å². The Morgan fingerprint density at radius 1 is 1.57 bits per heavy atom. The maximum atomic E-state index is 14.1. The number of aliphatic hydroxyl groups excluding tert-OH is 1. The van der Waals surface area contributed by atoms with Crippen LogP contribution in [-0.2, 0) is 4.74 Å². The number of nitrogens with zero attached hydrogens (tertiary/aromatic N) is 2. The number of nitrogens with one attached hydrogen (secondary N) is 1. The number of aryl methyl sites for hydroxylation is 1. The van der Waals surface area contributed by atoms with Crippen molar-refractivity contribution in [2.75, 3.05) is 13.1 Å². The third kappa shape index (κ3) is 3.12. The van der Waals surface area contributed by atoms with Gasteiger partial charge in [0, 0.05) is 18.4 Å². The minimum Gasteiger partial charge on any atom is -0.384 e. The zero-order valence-corrected chi connectivity index (χ0v) is 11.9. The Kier molecular flexibility index (Phi) is 4.70. The molecule has 1 aromatic heterocycles. The number of hydrogen-bond acceptors (Lipinski definition) is 5. The van der Waals surface area contributed by atoms with Crippen molar-refractivity contribution in [3.63, 3.8) is 0 Å². The third-order valence-electron chi connectivity index (χ3n) is 3.37. The van der Waals surface area contributed by atoms with Gasteiger partial charge in [0.25, 0.3) is 0 Å². The molecule has 1 saturated heterocycles. The van der Waals surface area contributed by atoms with E-state index in [4.69, 9.17) is 4.74 Å². The Labute approximate surface area is 120 Å². The van der Waals surface area contributed by atoms with Gasteiger partial charge in [-0.1, -0.05) is 6.92 Å². The van der Waals surface area contributed by atoms with E-state index in [0.717, 1.165) is 11.0 Å². The molecular weight excluding hydrogens is 284 g/mol. The zero-order chi connectivity index (χ0) is 15.6. The number of ether oxygens (including phenoxy) is 1. The highest BCUT2D eigenvalue weighted by atomic mass is 19.3. The molecule has 0 saturated carbocycles. The molecule has 6 nitrogen and oxygen atoms in total. The van der Waals surface area contributed by atoms with E-state index in [-0.39, 0.29) is 6.54 Å². The van der Waals surface area contributed by atoms with Crippen LogP contribution in [0.25, 0.3) is 0 Å². The largest absolute Gasteiger partial charge is 0.384 e. The molecule has 1 aliphatic rings. The number of hydrogen-bond donors (Lipinski definition) is 2. The highest BCUT2D eigenvalue weighted by molar-refractivity contribution is 5.01. The van der Waals surface area contributed by atoms with Gasteiger partial charge in [0.2, 0.25) is 6.23 Å². The summed E-state index contributed by atoms with van der Waals surface area (Å²) in [5.41, 5.74) is -0.395. The molecule has 1 fully saturated rings. The van der Waals surface area contributed by atoms with Gasteiger partial charge >= 0.3 is 11.6 Å². The molecule has 118 valence electrons. The lowest BCUT2D eigenvalue weighted by atomic mass is 10.1. The number of aliphatic hydroxyl groups is 1. The van der Waals surface area contributed by atoms with Crippen LogP contribution in [0.3, 0.4) is 0 Å². The molecule has 2 heterocycles. The van der Waals surface area contributed by atoms with E-state index in [1.54, 1.807) is 6.92 Å². The Bertz CT molecular complexity index is 550. The van der Waals surface area contributed by atoms with Crippen LogP contribution in [-0.4, -0.2) is 45.9 Å². The van der Waals surface area contributed by atoms with Crippen molar-refractivity contribution in [2.45, 2.75) is 44.6 Å². The summed E-state index contributed by atoms with van der Waals surface area (Å²) in [7, 11) is 0. The van der Waals surface area contributed by atoms with Gasteiger partial charge < -0.3 is 15.2 Å². The third-order valence-corrected chi connectivity index (χ3v) is 3.37. The zero-order valence-electron chi connectivity index (χ0n) is 11.9. The molecule has 8 heteroatoms. The fourth-order valence-corrected chi connectivity index (χ4v) is 2.23. The van der Waals surface area contributed by atoms with Gasteiger partial charge in [-0.25, -0.2) is 4.79 Å². The summed E-state index contributed by atoms with van der Waals surface area (Å²) in [6, 6.07) is 1.44. The molecule has 3 atom stereocenters. The Hall–Kier alpha value is -1.38. The topological polar surface area (TPSA) is 76.4 Å². The fraction of sp³-hybridized carbons (Fsp3) is 0.692. The average molecular weight is 303 g/mol. The molecule has 0 amide bonds. The van der Waals surface area contributed by atoms with Gasteiger partial charge in [-0.2, -0.15) is 13.8 Å².